The quantitative estimate of drug-likeness (QED) is 0.386. The number of anilines is 1. The van der Waals surface area contributed by atoms with Gasteiger partial charge in [0.25, 0.3) is 5.91 Å². The van der Waals surface area contributed by atoms with Crippen LogP contribution < -0.4 is 5.32 Å². The first-order chi connectivity index (χ1) is 16.6. The number of rotatable bonds is 6. The average Bonchev–Trinajstić information content (AvgIpc) is 3.24. The van der Waals surface area contributed by atoms with Gasteiger partial charge >= 0.3 is 5.97 Å². The molecule has 9 nitrogen and oxygen atoms in total. The third kappa shape index (κ3) is 5.15. The lowest BCUT2D eigenvalue weighted by atomic mass is 10.1. The highest BCUT2D eigenvalue weighted by atomic mass is 32.2. The SMILES string of the molecule is Cc1ccc(C(=O)OCC(=O)Nc2nc3c(F)c(F)c(F)cc3s2)cc1S(=O)(=O)N1CCOCC1. The molecule has 1 aromatic heterocycles. The number of fused-ring (bicyclic) bond motifs is 1. The van der Waals surface area contributed by atoms with Gasteiger partial charge in [0.1, 0.15) is 5.52 Å². The molecule has 35 heavy (non-hydrogen) atoms. The largest absolute Gasteiger partial charge is 0.452 e. The summed E-state index contributed by atoms with van der Waals surface area (Å²) >= 11 is 0.703. The molecule has 1 amide bonds. The summed E-state index contributed by atoms with van der Waals surface area (Å²) < 4.78 is 77.8. The number of thiazole rings is 1. The molecule has 0 radical (unpaired) electrons. The van der Waals surface area contributed by atoms with Crippen LogP contribution >= 0.6 is 11.3 Å². The Morgan fingerprint density at radius 3 is 2.60 bits per heavy atom. The van der Waals surface area contributed by atoms with Gasteiger partial charge in [0.05, 0.1) is 28.4 Å². The molecule has 1 aliphatic rings. The number of carbonyl (C=O) groups is 2. The molecule has 4 rings (SSSR count). The molecule has 1 N–H and O–H groups in total. The summed E-state index contributed by atoms with van der Waals surface area (Å²) in [6.45, 7) is 1.73. The number of amides is 1. The smallest absolute Gasteiger partial charge is 0.338 e. The van der Waals surface area contributed by atoms with Crippen molar-refractivity contribution in [2.75, 3.05) is 38.2 Å². The van der Waals surface area contributed by atoms with Crippen molar-refractivity contribution >= 4 is 48.6 Å². The second-order valence-electron chi connectivity index (χ2n) is 7.47. The molecular weight excluding hydrogens is 511 g/mol. The number of sulfonamides is 1. The minimum absolute atomic E-state index is 0.0256. The van der Waals surface area contributed by atoms with Gasteiger partial charge in [-0.2, -0.15) is 4.31 Å². The van der Waals surface area contributed by atoms with Crippen molar-refractivity contribution in [2.45, 2.75) is 11.8 Å². The normalized spacial score (nSPS) is 14.7. The first-order valence-electron chi connectivity index (χ1n) is 10.2. The number of ether oxygens (including phenoxy) is 2. The van der Waals surface area contributed by atoms with Crippen LogP contribution in [0.4, 0.5) is 18.3 Å². The summed E-state index contributed by atoms with van der Waals surface area (Å²) in [5.41, 5.74) is -0.0974. The van der Waals surface area contributed by atoms with E-state index in [4.69, 9.17) is 9.47 Å². The van der Waals surface area contributed by atoms with E-state index >= 15 is 0 Å². The zero-order valence-corrected chi connectivity index (χ0v) is 19.8. The van der Waals surface area contributed by atoms with Crippen molar-refractivity contribution in [3.8, 4) is 0 Å². The topological polar surface area (TPSA) is 115 Å². The van der Waals surface area contributed by atoms with Crippen molar-refractivity contribution in [3.63, 3.8) is 0 Å². The molecule has 0 bridgehead atoms. The first kappa shape index (κ1) is 25.0. The summed E-state index contributed by atoms with van der Waals surface area (Å²) in [7, 11) is -3.87. The molecule has 0 spiro atoms. The molecule has 186 valence electrons. The fourth-order valence-electron chi connectivity index (χ4n) is 3.33. The lowest BCUT2D eigenvalue weighted by Crippen LogP contribution is -2.40. The van der Waals surface area contributed by atoms with E-state index in [1.165, 1.54) is 22.5 Å². The van der Waals surface area contributed by atoms with Gasteiger partial charge in [-0.25, -0.2) is 31.4 Å². The molecule has 2 aromatic carbocycles. The molecule has 0 atom stereocenters. The van der Waals surface area contributed by atoms with E-state index in [0.29, 0.717) is 16.9 Å². The van der Waals surface area contributed by atoms with Crippen LogP contribution in [0.1, 0.15) is 15.9 Å². The number of benzene rings is 2. The highest BCUT2D eigenvalue weighted by molar-refractivity contribution is 7.89. The van der Waals surface area contributed by atoms with Crippen molar-refractivity contribution in [1.29, 1.82) is 0 Å². The molecule has 0 saturated carbocycles. The Kier molecular flexibility index (Phi) is 7.07. The van der Waals surface area contributed by atoms with Crippen LogP contribution in [0.25, 0.3) is 10.2 Å². The highest BCUT2D eigenvalue weighted by Gasteiger charge is 2.29. The fourth-order valence-corrected chi connectivity index (χ4v) is 5.89. The zero-order chi connectivity index (χ0) is 25.3. The predicted molar refractivity (Wildman–Crippen MR) is 119 cm³/mol. The number of morpholine rings is 1. The van der Waals surface area contributed by atoms with Gasteiger partial charge in [-0.3, -0.25) is 10.1 Å². The average molecular weight is 530 g/mol. The van der Waals surface area contributed by atoms with Gasteiger partial charge in [0.15, 0.2) is 29.2 Å². The summed E-state index contributed by atoms with van der Waals surface area (Å²) in [6.07, 6.45) is 0. The maximum atomic E-state index is 13.8. The van der Waals surface area contributed by atoms with Crippen LogP contribution in [0.5, 0.6) is 0 Å². The molecule has 14 heteroatoms. The van der Waals surface area contributed by atoms with Crippen LogP contribution in [0.15, 0.2) is 29.2 Å². The van der Waals surface area contributed by atoms with Crippen LogP contribution in [-0.4, -0.2) is 62.5 Å². The third-order valence-electron chi connectivity index (χ3n) is 5.11. The standard InChI is InChI=1S/C21H18F3N3O6S2/c1-11-2-3-12(8-15(11)35(30,31)27-4-6-32-7-5-27)20(29)33-10-16(28)25-21-26-19-14(34-21)9-13(22)17(23)18(19)24/h2-3,8-9H,4-7,10H2,1H3,(H,25,26,28). The Bertz CT molecular complexity index is 1420. The molecule has 1 aliphatic heterocycles. The Morgan fingerprint density at radius 2 is 1.89 bits per heavy atom. The number of hydrogen-bond acceptors (Lipinski definition) is 8. The molecule has 1 fully saturated rings. The van der Waals surface area contributed by atoms with Gasteiger partial charge in [0, 0.05) is 13.1 Å². The Labute approximate surface area is 201 Å². The number of esters is 1. The van der Waals surface area contributed by atoms with Crippen molar-refractivity contribution in [1.82, 2.24) is 9.29 Å². The number of nitrogens with zero attached hydrogens (tertiary/aromatic N) is 2. The number of carbonyl (C=O) groups excluding carboxylic acids is 2. The number of halogens is 3. The lowest BCUT2D eigenvalue weighted by molar-refractivity contribution is -0.119. The maximum absolute atomic E-state index is 13.8. The van der Waals surface area contributed by atoms with Gasteiger partial charge < -0.3 is 9.47 Å². The number of nitrogens with one attached hydrogen (secondary N) is 1. The minimum atomic E-state index is -3.87. The molecule has 2 heterocycles. The maximum Gasteiger partial charge on any atom is 0.338 e. The molecule has 3 aromatic rings. The van der Waals surface area contributed by atoms with Crippen molar-refractivity contribution in [3.05, 3.63) is 52.8 Å². The number of aryl methyl sites for hydroxylation is 1. The van der Waals surface area contributed by atoms with E-state index in [0.717, 1.165) is 6.07 Å². The Balaban J connectivity index is 1.43. The lowest BCUT2D eigenvalue weighted by Gasteiger charge is -2.26. The second-order valence-corrected chi connectivity index (χ2v) is 10.4. The fraction of sp³-hybridized carbons (Fsp3) is 0.286. The Morgan fingerprint density at radius 1 is 1.17 bits per heavy atom. The summed E-state index contributed by atoms with van der Waals surface area (Å²) in [5, 5.41) is 2.10. The summed E-state index contributed by atoms with van der Waals surface area (Å²) in [5.74, 6) is -6.34. The van der Waals surface area contributed by atoms with Crippen molar-refractivity contribution < 1.29 is 40.7 Å². The van der Waals surface area contributed by atoms with Crippen LogP contribution in [-0.2, 0) is 24.3 Å². The predicted octanol–water partition coefficient (Wildman–Crippen LogP) is 2.84. The molecular formula is C21H18F3N3O6S2. The van der Waals surface area contributed by atoms with Gasteiger partial charge in [0.2, 0.25) is 10.0 Å². The monoisotopic (exact) mass is 529 g/mol. The van der Waals surface area contributed by atoms with E-state index < -0.39 is 51.5 Å². The number of aromatic nitrogens is 1. The second kappa shape index (κ2) is 9.89. The van der Waals surface area contributed by atoms with Crippen LogP contribution in [0.2, 0.25) is 0 Å². The number of hydrogen-bond donors (Lipinski definition) is 1. The molecule has 0 unspecified atom stereocenters. The van der Waals surface area contributed by atoms with Gasteiger partial charge in [-0.15, -0.1) is 0 Å². The van der Waals surface area contributed by atoms with Gasteiger partial charge in [-0.1, -0.05) is 17.4 Å². The summed E-state index contributed by atoms with van der Waals surface area (Å²) in [6, 6.07) is 4.76. The van der Waals surface area contributed by atoms with E-state index in [1.807, 2.05) is 0 Å². The molecule has 0 aliphatic carbocycles. The first-order valence-corrected chi connectivity index (χ1v) is 12.4. The third-order valence-corrected chi connectivity index (χ3v) is 8.07. The Hall–Kier alpha value is -3.07. The van der Waals surface area contributed by atoms with E-state index in [1.54, 1.807) is 6.92 Å². The molecule has 1 saturated heterocycles. The highest BCUT2D eigenvalue weighted by Crippen LogP contribution is 2.30. The van der Waals surface area contributed by atoms with E-state index in [2.05, 4.69) is 10.3 Å². The van der Waals surface area contributed by atoms with E-state index in [-0.39, 0.29) is 46.6 Å². The zero-order valence-electron chi connectivity index (χ0n) is 18.1. The van der Waals surface area contributed by atoms with Crippen molar-refractivity contribution in [2.24, 2.45) is 0 Å². The van der Waals surface area contributed by atoms with Crippen LogP contribution in [0, 0.1) is 24.4 Å². The minimum Gasteiger partial charge on any atom is -0.452 e. The van der Waals surface area contributed by atoms with Crippen LogP contribution in [0.3, 0.4) is 0 Å². The summed E-state index contributed by atoms with van der Waals surface area (Å²) in [4.78, 5) is 28.3. The van der Waals surface area contributed by atoms with Gasteiger partial charge in [-0.05, 0) is 30.7 Å². The van der Waals surface area contributed by atoms with E-state index in [9.17, 15) is 31.2 Å².